The molecule has 0 unspecified atom stereocenters. The lowest BCUT2D eigenvalue weighted by Crippen LogP contribution is -2.18. The van der Waals surface area contributed by atoms with Gasteiger partial charge in [0.15, 0.2) is 5.75 Å². The van der Waals surface area contributed by atoms with E-state index in [1.165, 1.54) is 7.11 Å². The first-order valence-corrected chi connectivity index (χ1v) is 8.09. The summed E-state index contributed by atoms with van der Waals surface area (Å²) in [5.41, 5.74) is -0.210. The maximum Gasteiger partial charge on any atom is 0.383 e. The van der Waals surface area contributed by atoms with Gasteiger partial charge in [0.2, 0.25) is 0 Å². The van der Waals surface area contributed by atoms with E-state index in [-0.39, 0.29) is 23.2 Å². The van der Waals surface area contributed by atoms with Crippen LogP contribution in [0.15, 0.2) is 57.7 Å². The number of esters is 1. The first-order chi connectivity index (χ1) is 12.5. The summed E-state index contributed by atoms with van der Waals surface area (Å²) in [5.74, 6) is -0.419. The molecule has 0 bridgehead atoms. The van der Waals surface area contributed by atoms with Gasteiger partial charge in [-0.05, 0) is 38.1 Å². The van der Waals surface area contributed by atoms with Crippen molar-refractivity contribution in [1.29, 1.82) is 0 Å². The van der Waals surface area contributed by atoms with Gasteiger partial charge in [0, 0.05) is 0 Å². The Labute approximate surface area is 149 Å². The normalized spacial score (nSPS) is 10.8. The second-order valence-electron chi connectivity index (χ2n) is 5.80. The quantitative estimate of drug-likeness (QED) is 0.512. The number of rotatable bonds is 5. The van der Waals surface area contributed by atoms with Crippen molar-refractivity contribution in [2.24, 2.45) is 0 Å². The van der Waals surface area contributed by atoms with Gasteiger partial charge in [-0.15, -0.1) is 0 Å². The molecule has 1 aromatic heterocycles. The molecule has 0 saturated carbocycles. The molecule has 0 radical (unpaired) electrons. The zero-order valence-electron chi connectivity index (χ0n) is 14.6. The maximum absolute atomic E-state index is 12.4. The van der Waals surface area contributed by atoms with Gasteiger partial charge in [-0.25, -0.2) is 9.59 Å². The van der Waals surface area contributed by atoms with Gasteiger partial charge in [0.1, 0.15) is 16.7 Å². The van der Waals surface area contributed by atoms with Crippen molar-refractivity contribution in [3.63, 3.8) is 0 Å². The van der Waals surface area contributed by atoms with E-state index in [0.717, 1.165) is 0 Å². The third-order valence-corrected chi connectivity index (χ3v) is 3.59. The smallest absolute Gasteiger partial charge is 0.383 e. The van der Waals surface area contributed by atoms with Crippen molar-refractivity contribution in [3.8, 4) is 17.2 Å². The van der Waals surface area contributed by atoms with Crippen LogP contribution in [0.25, 0.3) is 11.0 Å². The third kappa shape index (κ3) is 3.39. The fourth-order valence-corrected chi connectivity index (χ4v) is 2.50. The Morgan fingerprint density at radius 1 is 1.00 bits per heavy atom. The lowest BCUT2D eigenvalue weighted by molar-refractivity contribution is 0.0718. The van der Waals surface area contributed by atoms with Crippen molar-refractivity contribution >= 4 is 16.9 Å². The molecule has 2 aromatic carbocycles. The number of methoxy groups -OCH3 is 1. The Hall–Kier alpha value is -3.28. The Morgan fingerprint density at radius 3 is 2.38 bits per heavy atom. The van der Waals surface area contributed by atoms with Crippen molar-refractivity contribution in [3.05, 3.63) is 64.5 Å². The Balaban J connectivity index is 2.18. The van der Waals surface area contributed by atoms with Gasteiger partial charge in [-0.1, -0.05) is 24.3 Å². The van der Waals surface area contributed by atoms with E-state index in [9.17, 15) is 9.59 Å². The van der Waals surface area contributed by atoms with Gasteiger partial charge in [-0.3, -0.25) is 0 Å². The molecule has 3 rings (SSSR count). The predicted octanol–water partition coefficient (Wildman–Crippen LogP) is 3.81. The third-order valence-electron chi connectivity index (χ3n) is 3.59. The first-order valence-electron chi connectivity index (χ1n) is 8.09. The molecule has 6 heteroatoms. The van der Waals surface area contributed by atoms with Gasteiger partial charge >= 0.3 is 11.6 Å². The van der Waals surface area contributed by atoms with Gasteiger partial charge < -0.3 is 18.6 Å². The zero-order chi connectivity index (χ0) is 18.7. The van der Waals surface area contributed by atoms with E-state index < -0.39 is 11.6 Å². The Bertz CT molecular complexity index is 988. The van der Waals surface area contributed by atoms with Crippen LogP contribution in [0, 0.1) is 0 Å². The standard InChI is InChI=1S/C20H18O6/c1-12(2)24-17-16-14(23-3)10-7-11-15(16)25-20(22)18(17)26-19(21)13-8-5-4-6-9-13/h4-12H,1-3H3. The molecule has 0 aliphatic heterocycles. The highest BCUT2D eigenvalue weighted by atomic mass is 16.6. The van der Waals surface area contributed by atoms with Crippen LogP contribution in [-0.4, -0.2) is 19.2 Å². The summed E-state index contributed by atoms with van der Waals surface area (Å²) in [6.45, 7) is 3.61. The SMILES string of the molecule is COc1cccc2oc(=O)c(OC(=O)c3ccccc3)c(OC(C)C)c12. The maximum atomic E-state index is 12.4. The molecule has 0 amide bonds. The first kappa shape index (κ1) is 17.5. The fourth-order valence-electron chi connectivity index (χ4n) is 2.50. The van der Waals surface area contributed by atoms with Crippen LogP contribution in [0.5, 0.6) is 17.2 Å². The molecule has 6 nitrogen and oxygen atoms in total. The van der Waals surface area contributed by atoms with E-state index in [1.807, 2.05) is 0 Å². The van der Waals surface area contributed by atoms with Crippen LogP contribution in [0.1, 0.15) is 24.2 Å². The lowest BCUT2D eigenvalue weighted by atomic mass is 10.2. The van der Waals surface area contributed by atoms with Crippen molar-refractivity contribution in [1.82, 2.24) is 0 Å². The number of hydrogen-bond donors (Lipinski definition) is 0. The lowest BCUT2D eigenvalue weighted by Gasteiger charge is -2.16. The molecule has 0 fully saturated rings. The topological polar surface area (TPSA) is 75.0 Å². The summed E-state index contributed by atoms with van der Waals surface area (Å²) in [4.78, 5) is 24.8. The summed E-state index contributed by atoms with van der Waals surface area (Å²) < 4.78 is 21.8. The van der Waals surface area contributed by atoms with E-state index in [0.29, 0.717) is 16.7 Å². The number of benzene rings is 2. The summed E-state index contributed by atoms with van der Waals surface area (Å²) in [7, 11) is 1.49. The van der Waals surface area contributed by atoms with Crippen molar-refractivity contribution in [2.45, 2.75) is 20.0 Å². The molecule has 0 N–H and O–H groups in total. The van der Waals surface area contributed by atoms with Crippen LogP contribution in [0.2, 0.25) is 0 Å². The fraction of sp³-hybridized carbons (Fsp3) is 0.200. The van der Waals surface area contributed by atoms with Crippen molar-refractivity contribution < 1.29 is 23.4 Å². The van der Waals surface area contributed by atoms with E-state index in [2.05, 4.69) is 0 Å². The Morgan fingerprint density at radius 2 is 1.73 bits per heavy atom. The molecule has 1 heterocycles. The van der Waals surface area contributed by atoms with Crippen molar-refractivity contribution in [2.75, 3.05) is 7.11 Å². The van der Waals surface area contributed by atoms with E-state index >= 15 is 0 Å². The second-order valence-corrected chi connectivity index (χ2v) is 5.80. The van der Waals surface area contributed by atoms with E-state index in [4.69, 9.17) is 18.6 Å². The van der Waals surface area contributed by atoms with Crippen LogP contribution < -0.4 is 19.8 Å². The number of ether oxygens (including phenoxy) is 3. The minimum atomic E-state index is -0.800. The van der Waals surface area contributed by atoms with Gasteiger partial charge in [0.05, 0.1) is 18.8 Å². The summed E-state index contributed by atoms with van der Waals surface area (Å²) in [6, 6.07) is 13.4. The minimum Gasteiger partial charge on any atom is -0.496 e. The van der Waals surface area contributed by atoms with Crippen LogP contribution in [-0.2, 0) is 0 Å². The highest BCUT2D eigenvalue weighted by Gasteiger charge is 2.24. The number of fused-ring (bicyclic) bond motifs is 1. The number of hydrogen-bond acceptors (Lipinski definition) is 6. The molecule has 3 aromatic rings. The average Bonchev–Trinajstić information content (AvgIpc) is 2.64. The Kier molecular flexibility index (Phi) is 4.93. The summed E-state index contributed by atoms with van der Waals surface area (Å²) >= 11 is 0. The van der Waals surface area contributed by atoms with Gasteiger partial charge in [-0.2, -0.15) is 0 Å². The number of carbonyl (C=O) groups is 1. The summed E-state index contributed by atoms with van der Waals surface area (Å²) in [5, 5.41) is 0.430. The highest BCUT2D eigenvalue weighted by Crippen LogP contribution is 2.39. The molecular formula is C20H18O6. The second kappa shape index (κ2) is 7.31. The monoisotopic (exact) mass is 354 g/mol. The molecule has 0 atom stereocenters. The summed E-state index contributed by atoms with van der Waals surface area (Å²) in [6.07, 6.45) is -0.265. The zero-order valence-corrected chi connectivity index (χ0v) is 14.6. The molecule has 0 aliphatic rings. The van der Waals surface area contributed by atoms with Crippen LogP contribution >= 0.6 is 0 Å². The van der Waals surface area contributed by atoms with Gasteiger partial charge in [0.25, 0.3) is 5.75 Å². The molecule has 134 valence electrons. The largest absolute Gasteiger partial charge is 0.496 e. The minimum absolute atomic E-state index is 0.119. The molecule has 0 spiro atoms. The van der Waals surface area contributed by atoms with Crippen LogP contribution in [0.4, 0.5) is 0 Å². The molecule has 0 aliphatic carbocycles. The molecular weight excluding hydrogens is 336 g/mol. The average molecular weight is 354 g/mol. The molecule has 26 heavy (non-hydrogen) atoms. The highest BCUT2D eigenvalue weighted by molar-refractivity contribution is 5.95. The van der Waals surface area contributed by atoms with E-state index in [1.54, 1.807) is 62.4 Å². The van der Waals surface area contributed by atoms with Crippen LogP contribution in [0.3, 0.4) is 0 Å². The molecule has 0 saturated heterocycles. The predicted molar refractivity (Wildman–Crippen MR) is 96.2 cm³/mol. The number of carbonyl (C=O) groups excluding carboxylic acids is 1.